The third kappa shape index (κ3) is 5.56. The molecule has 11 nitrogen and oxygen atoms in total. The summed E-state index contributed by atoms with van der Waals surface area (Å²) in [5.41, 5.74) is -0.478. The second kappa shape index (κ2) is 11.1. The number of carbonyl (C=O) groups is 3. The first-order chi connectivity index (χ1) is 15.3. The van der Waals surface area contributed by atoms with Crippen molar-refractivity contribution in [2.24, 2.45) is 5.92 Å². The smallest absolute Gasteiger partial charge is 0.338 e. The molecule has 3 atom stereocenters. The van der Waals surface area contributed by atoms with Crippen molar-refractivity contribution in [3.05, 3.63) is 39.9 Å². The molecule has 2 aliphatic heterocycles. The summed E-state index contributed by atoms with van der Waals surface area (Å²) < 4.78 is 20.8. The number of rotatable bonds is 9. The van der Waals surface area contributed by atoms with Gasteiger partial charge in [0.1, 0.15) is 25.0 Å². The summed E-state index contributed by atoms with van der Waals surface area (Å²) in [6.45, 7) is 2.09. The van der Waals surface area contributed by atoms with Gasteiger partial charge < -0.3 is 19.1 Å². The zero-order chi connectivity index (χ0) is 23.3. The van der Waals surface area contributed by atoms with E-state index in [0.29, 0.717) is 24.0 Å². The Hall–Kier alpha value is -2.25. The van der Waals surface area contributed by atoms with Gasteiger partial charge in [-0.2, -0.15) is 0 Å². The number of ether oxygens (including phenoxy) is 3. The van der Waals surface area contributed by atoms with Gasteiger partial charge >= 0.3 is 5.97 Å². The Morgan fingerprint density at radius 3 is 2.53 bits per heavy atom. The van der Waals surface area contributed by atoms with Crippen LogP contribution in [0.1, 0.15) is 18.9 Å². The summed E-state index contributed by atoms with van der Waals surface area (Å²) in [5.74, 6) is -1.90. The molecule has 0 bridgehead atoms. The molecule has 0 aromatic heterocycles. The number of alkyl halides is 1. The number of halogens is 1. The molecule has 32 heavy (non-hydrogen) atoms. The van der Waals surface area contributed by atoms with Crippen molar-refractivity contribution in [2.75, 3.05) is 20.0 Å². The van der Waals surface area contributed by atoms with E-state index in [1.807, 2.05) is 0 Å². The molecule has 174 valence electrons. The molecule has 0 N–H and O–H groups in total. The minimum atomic E-state index is -1.60. The van der Waals surface area contributed by atoms with E-state index in [1.54, 1.807) is 6.92 Å². The number of nitro groups is 1. The first kappa shape index (κ1) is 24.4. The Balaban J connectivity index is 1.66. The van der Waals surface area contributed by atoms with E-state index in [0.717, 1.165) is 4.90 Å². The lowest BCUT2D eigenvalue weighted by Gasteiger charge is -2.45. The highest BCUT2D eigenvalue weighted by atomic mass is 35.5. The largest absolute Gasteiger partial charge is 0.459 e. The Morgan fingerprint density at radius 1 is 1.31 bits per heavy atom. The highest BCUT2D eigenvalue weighted by Crippen LogP contribution is 2.36. The average Bonchev–Trinajstić information content (AvgIpc) is 2.80. The number of esters is 1. The molecule has 0 aliphatic carbocycles. The monoisotopic (exact) mass is 488 g/mol. The number of amides is 1. The molecule has 13 heteroatoms. The summed E-state index contributed by atoms with van der Waals surface area (Å²) in [4.78, 5) is 49.2. The number of nitrogens with zero attached hydrogens (tertiary/aromatic N) is 2. The zero-order valence-electron chi connectivity index (χ0n) is 17.0. The van der Waals surface area contributed by atoms with Gasteiger partial charge in [-0.25, -0.2) is 4.79 Å². The van der Waals surface area contributed by atoms with Crippen molar-refractivity contribution in [1.82, 2.24) is 4.90 Å². The van der Waals surface area contributed by atoms with Crippen LogP contribution in [0.4, 0.5) is 5.69 Å². The van der Waals surface area contributed by atoms with Crippen LogP contribution in [0.25, 0.3) is 0 Å². The minimum Gasteiger partial charge on any atom is -0.459 e. The lowest BCUT2D eigenvalue weighted by molar-refractivity contribution is -0.384. The van der Waals surface area contributed by atoms with E-state index in [9.17, 15) is 24.5 Å². The molecule has 1 amide bonds. The lowest BCUT2D eigenvalue weighted by atomic mass is 9.93. The lowest BCUT2D eigenvalue weighted by Crippen LogP contribution is -2.65. The molecule has 2 aliphatic rings. The number of nitro benzene ring substituents is 1. The van der Waals surface area contributed by atoms with E-state index < -0.39 is 45.5 Å². The third-order valence-corrected chi connectivity index (χ3v) is 6.17. The molecular formula is C19H21ClN2O9S. The van der Waals surface area contributed by atoms with E-state index in [-0.39, 0.29) is 32.3 Å². The van der Waals surface area contributed by atoms with Crippen LogP contribution in [0.3, 0.4) is 0 Å². The quantitative estimate of drug-likeness (QED) is 0.0742. The normalized spacial score (nSPS) is 22.2. The van der Waals surface area contributed by atoms with Crippen LogP contribution in [0.5, 0.6) is 0 Å². The summed E-state index contributed by atoms with van der Waals surface area (Å²) in [6.07, 6.45) is -0.0559. The zero-order valence-corrected chi connectivity index (χ0v) is 18.6. The van der Waals surface area contributed by atoms with Gasteiger partial charge in [-0.1, -0.05) is 18.5 Å². The maximum atomic E-state index is 12.8. The number of carbonyl (C=O) groups excluding carboxylic acids is 3. The fraction of sp³-hybridized carbons (Fsp3) is 0.526. The highest BCUT2D eigenvalue weighted by Gasteiger charge is 2.53. The number of β-lactam (4-membered cyclic amide) rings is 1. The predicted molar refractivity (Wildman–Crippen MR) is 111 cm³/mol. The molecule has 3 rings (SSSR count). The predicted octanol–water partition coefficient (Wildman–Crippen LogP) is 2.00. The summed E-state index contributed by atoms with van der Waals surface area (Å²) >= 11 is 6.67. The number of hydrogen-bond donors (Lipinski definition) is 0. The standard InChI is InChI=1S/C19H21ClN2O9S/c1-2-14-16(20)21(17(14)23)15(19(25)32-31-13-8-28-10-29-9-13)18(24)30-7-11-3-5-12(6-4-11)22(26)27/h3-6,13-16H,2,7-10H2,1H3. The molecule has 0 saturated carbocycles. The van der Waals surface area contributed by atoms with Crippen molar-refractivity contribution in [2.45, 2.75) is 37.6 Å². The van der Waals surface area contributed by atoms with Gasteiger partial charge in [0.25, 0.3) is 5.69 Å². The Morgan fingerprint density at radius 2 is 1.97 bits per heavy atom. The van der Waals surface area contributed by atoms with Crippen molar-refractivity contribution in [3.8, 4) is 0 Å². The molecule has 0 spiro atoms. The topological polar surface area (TPSA) is 135 Å². The molecule has 2 saturated heterocycles. The fourth-order valence-corrected chi connectivity index (χ4v) is 4.27. The molecule has 1 aromatic rings. The van der Waals surface area contributed by atoms with Gasteiger partial charge in [0.15, 0.2) is 0 Å². The van der Waals surface area contributed by atoms with Crippen LogP contribution < -0.4 is 0 Å². The molecular weight excluding hydrogens is 468 g/mol. The Kier molecular flexibility index (Phi) is 8.43. The van der Waals surface area contributed by atoms with E-state index in [2.05, 4.69) is 0 Å². The van der Waals surface area contributed by atoms with Crippen molar-refractivity contribution in [3.63, 3.8) is 0 Å². The molecule has 2 fully saturated rings. The summed E-state index contributed by atoms with van der Waals surface area (Å²) in [6, 6.07) is 3.79. The van der Waals surface area contributed by atoms with Crippen LogP contribution >= 0.6 is 23.6 Å². The van der Waals surface area contributed by atoms with Crippen molar-refractivity contribution >= 4 is 46.3 Å². The van der Waals surface area contributed by atoms with Gasteiger partial charge in [0.05, 0.1) is 36.1 Å². The average molecular weight is 489 g/mol. The Labute approximate surface area is 192 Å². The third-order valence-electron chi connectivity index (χ3n) is 4.90. The minimum absolute atomic E-state index is 0.112. The van der Waals surface area contributed by atoms with Crippen molar-refractivity contribution in [1.29, 1.82) is 0 Å². The van der Waals surface area contributed by atoms with Gasteiger partial charge in [0.2, 0.25) is 17.1 Å². The molecule has 3 unspecified atom stereocenters. The maximum absolute atomic E-state index is 12.8. The highest BCUT2D eigenvalue weighted by molar-refractivity contribution is 8.09. The number of benzene rings is 1. The second-order valence-corrected chi connectivity index (χ2v) is 8.26. The van der Waals surface area contributed by atoms with Crippen LogP contribution in [-0.4, -0.2) is 64.5 Å². The van der Waals surface area contributed by atoms with E-state index in [4.69, 9.17) is 30.0 Å². The van der Waals surface area contributed by atoms with Gasteiger partial charge in [0, 0.05) is 12.1 Å². The number of hydrogen-bond acceptors (Lipinski definition) is 10. The molecule has 1 aromatic carbocycles. The van der Waals surface area contributed by atoms with Gasteiger partial charge in [-0.15, -0.1) is 0 Å². The Bertz CT molecular complexity index is 863. The van der Waals surface area contributed by atoms with Gasteiger partial charge in [-0.05, 0) is 24.1 Å². The van der Waals surface area contributed by atoms with Crippen LogP contribution in [0.15, 0.2) is 24.3 Å². The number of non-ortho nitro benzene ring substituents is 1. The van der Waals surface area contributed by atoms with Gasteiger partial charge in [-0.3, -0.25) is 23.9 Å². The van der Waals surface area contributed by atoms with E-state index in [1.165, 1.54) is 24.3 Å². The maximum Gasteiger partial charge on any atom is 0.338 e. The first-order valence-electron chi connectivity index (χ1n) is 9.72. The molecule has 0 radical (unpaired) electrons. The summed E-state index contributed by atoms with van der Waals surface area (Å²) in [7, 11) is 0. The summed E-state index contributed by atoms with van der Waals surface area (Å²) in [5, 5.41) is 9.98. The first-order valence-corrected chi connectivity index (χ1v) is 10.9. The van der Waals surface area contributed by atoms with Crippen LogP contribution in [0, 0.1) is 16.0 Å². The second-order valence-electron chi connectivity index (χ2n) is 7.05. The van der Waals surface area contributed by atoms with E-state index >= 15 is 0 Å². The fourth-order valence-electron chi connectivity index (χ4n) is 3.13. The van der Waals surface area contributed by atoms with Crippen molar-refractivity contribution < 1.29 is 37.7 Å². The SMILES string of the molecule is CCC1C(=O)N(C(C(=O)OCc2ccc([N+](=O)[O-])cc2)C(=O)SOC2COCOC2)C1Cl. The van der Waals surface area contributed by atoms with Crippen LogP contribution in [-0.2, 0) is 39.4 Å². The number of likely N-dealkylation sites (tertiary alicyclic amines) is 1. The van der Waals surface area contributed by atoms with Crippen LogP contribution in [0.2, 0.25) is 0 Å². The molecule has 2 heterocycles.